The molecule has 31 heavy (non-hydrogen) atoms. The molecule has 2 bridgehead atoms. The van der Waals surface area contributed by atoms with Crippen molar-refractivity contribution in [3.63, 3.8) is 0 Å². The topological polar surface area (TPSA) is 75.7 Å². The van der Waals surface area contributed by atoms with Crippen LogP contribution < -0.4 is 15.4 Å². The van der Waals surface area contributed by atoms with Crippen LogP contribution in [-0.4, -0.2) is 61.8 Å². The fourth-order valence-corrected chi connectivity index (χ4v) is 4.19. The maximum atomic E-state index is 12.5. The second-order valence-corrected chi connectivity index (χ2v) is 8.15. The molecule has 166 valence electrons. The summed E-state index contributed by atoms with van der Waals surface area (Å²) in [7, 11) is 0. The van der Waals surface area contributed by atoms with Gasteiger partial charge in [0, 0.05) is 55.7 Å². The molecular formula is C24H32N4O3. The van der Waals surface area contributed by atoms with E-state index in [0.717, 1.165) is 68.1 Å². The Morgan fingerprint density at radius 1 is 1.19 bits per heavy atom. The maximum absolute atomic E-state index is 12.5. The number of nitrogens with one attached hydrogen (secondary N) is 2. The Morgan fingerprint density at radius 3 is 3.06 bits per heavy atom. The van der Waals surface area contributed by atoms with Gasteiger partial charge in [-0.2, -0.15) is 0 Å². The minimum atomic E-state index is 0.0424. The second kappa shape index (κ2) is 11.1. The number of pyridine rings is 1. The standard InChI is InChI=1S/C24H32N4O3/c29-24-19-4-3-12-28(17-19)18-20-16-22(26-10-8-21-5-1-2-9-25-21)6-7-23(20)31-15-14-30-13-11-27-24/h1-2,5-7,9,16,19,26H,3-4,8,10-15,17-18H2,(H,27,29). The molecule has 2 atom stereocenters. The summed E-state index contributed by atoms with van der Waals surface area (Å²) in [5, 5.41) is 6.52. The molecule has 1 aromatic heterocycles. The van der Waals surface area contributed by atoms with Crippen LogP contribution in [0.2, 0.25) is 0 Å². The lowest BCUT2D eigenvalue weighted by atomic mass is 9.96. The molecule has 7 heteroatoms. The highest BCUT2D eigenvalue weighted by Crippen LogP contribution is 2.27. The highest BCUT2D eigenvalue weighted by molar-refractivity contribution is 5.78. The molecule has 2 unspecified atom stereocenters. The number of hydrogen-bond donors (Lipinski definition) is 2. The number of rotatable bonds is 4. The number of anilines is 1. The lowest BCUT2D eigenvalue weighted by molar-refractivity contribution is -0.127. The van der Waals surface area contributed by atoms with Crippen molar-refractivity contribution in [1.82, 2.24) is 15.2 Å². The number of piperidine rings is 1. The zero-order chi connectivity index (χ0) is 21.3. The number of fused-ring (bicyclic) bond motifs is 3. The highest BCUT2D eigenvalue weighted by Gasteiger charge is 2.26. The van der Waals surface area contributed by atoms with Gasteiger partial charge in [0.2, 0.25) is 5.91 Å². The fraction of sp³-hybridized carbons (Fsp3) is 0.500. The van der Waals surface area contributed by atoms with Crippen LogP contribution in [-0.2, 0) is 22.5 Å². The summed E-state index contributed by atoms with van der Waals surface area (Å²) in [5.41, 5.74) is 3.29. The lowest BCUT2D eigenvalue weighted by Gasteiger charge is -2.32. The van der Waals surface area contributed by atoms with Crippen molar-refractivity contribution in [2.45, 2.75) is 25.8 Å². The number of benzene rings is 1. The van der Waals surface area contributed by atoms with Gasteiger partial charge in [-0.3, -0.25) is 14.7 Å². The molecule has 2 N–H and O–H groups in total. The summed E-state index contributed by atoms with van der Waals surface area (Å²) in [6.07, 6.45) is 4.68. The zero-order valence-electron chi connectivity index (χ0n) is 18.0. The second-order valence-electron chi connectivity index (χ2n) is 8.15. The van der Waals surface area contributed by atoms with Gasteiger partial charge in [-0.25, -0.2) is 0 Å². The van der Waals surface area contributed by atoms with Crippen molar-refractivity contribution in [2.24, 2.45) is 5.92 Å². The Labute approximate surface area is 184 Å². The van der Waals surface area contributed by atoms with Crippen LogP contribution in [0, 0.1) is 5.92 Å². The van der Waals surface area contributed by atoms with Crippen molar-refractivity contribution >= 4 is 11.6 Å². The Balaban J connectivity index is 1.45. The number of aromatic nitrogens is 1. The first-order valence-electron chi connectivity index (χ1n) is 11.3. The van der Waals surface area contributed by atoms with E-state index in [4.69, 9.17) is 9.47 Å². The first kappa shape index (κ1) is 21.6. The van der Waals surface area contributed by atoms with Crippen LogP contribution in [0.25, 0.3) is 0 Å². The molecule has 0 spiro atoms. The van der Waals surface area contributed by atoms with E-state index in [2.05, 4.69) is 32.7 Å². The third kappa shape index (κ3) is 6.42. The van der Waals surface area contributed by atoms with Crippen molar-refractivity contribution in [3.8, 4) is 5.75 Å². The average Bonchev–Trinajstić information content (AvgIpc) is 2.80. The smallest absolute Gasteiger partial charge is 0.224 e. The average molecular weight is 425 g/mol. The molecule has 0 saturated carbocycles. The van der Waals surface area contributed by atoms with Crippen LogP contribution >= 0.6 is 0 Å². The Bertz CT molecular complexity index is 846. The monoisotopic (exact) mass is 424 g/mol. The first-order chi connectivity index (χ1) is 15.3. The summed E-state index contributed by atoms with van der Waals surface area (Å²) < 4.78 is 11.6. The summed E-state index contributed by atoms with van der Waals surface area (Å²) in [5.74, 6) is 1.08. The van der Waals surface area contributed by atoms with Gasteiger partial charge < -0.3 is 20.1 Å². The van der Waals surface area contributed by atoms with E-state index >= 15 is 0 Å². The highest BCUT2D eigenvalue weighted by atomic mass is 16.5. The van der Waals surface area contributed by atoms with E-state index in [-0.39, 0.29) is 11.8 Å². The molecule has 0 radical (unpaired) electrons. The molecule has 0 aliphatic carbocycles. The fourth-order valence-electron chi connectivity index (χ4n) is 4.19. The van der Waals surface area contributed by atoms with Gasteiger partial charge in [0.05, 0.1) is 19.1 Å². The lowest BCUT2D eigenvalue weighted by Crippen LogP contribution is -2.43. The Kier molecular flexibility index (Phi) is 7.74. The third-order valence-electron chi connectivity index (χ3n) is 5.80. The predicted molar refractivity (Wildman–Crippen MR) is 120 cm³/mol. The van der Waals surface area contributed by atoms with Crippen molar-refractivity contribution < 1.29 is 14.3 Å². The molecule has 1 fully saturated rings. The molecular weight excluding hydrogens is 392 g/mol. The van der Waals surface area contributed by atoms with E-state index in [1.165, 1.54) is 0 Å². The normalized spacial score (nSPS) is 22.4. The van der Waals surface area contributed by atoms with Crippen LogP contribution in [0.15, 0.2) is 42.6 Å². The Morgan fingerprint density at radius 2 is 2.16 bits per heavy atom. The summed E-state index contributed by atoms with van der Waals surface area (Å²) >= 11 is 0. The van der Waals surface area contributed by atoms with E-state index in [1.807, 2.05) is 30.5 Å². The zero-order valence-corrected chi connectivity index (χ0v) is 18.0. The molecule has 1 amide bonds. The Hall–Kier alpha value is -2.64. The van der Waals surface area contributed by atoms with Crippen LogP contribution in [0.1, 0.15) is 24.1 Å². The quantitative estimate of drug-likeness (QED) is 0.785. The minimum Gasteiger partial charge on any atom is -0.491 e. The number of carbonyl (C=O) groups excluding carboxylic acids is 1. The molecule has 2 aliphatic rings. The molecule has 1 aromatic carbocycles. The van der Waals surface area contributed by atoms with Gasteiger partial charge in [0.25, 0.3) is 0 Å². The molecule has 4 rings (SSSR count). The molecule has 7 nitrogen and oxygen atoms in total. The number of ether oxygens (including phenoxy) is 2. The summed E-state index contributed by atoms with van der Waals surface area (Å²) in [6, 6.07) is 12.3. The van der Waals surface area contributed by atoms with E-state index in [1.54, 1.807) is 0 Å². The molecule has 2 aromatic rings. The molecule has 3 heterocycles. The SMILES string of the molecule is O=C1NCCOCCOc2ccc(NCCc3ccccn3)cc2CN2CCCC1C2. The van der Waals surface area contributed by atoms with Gasteiger partial charge in [0.1, 0.15) is 12.4 Å². The first-order valence-corrected chi connectivity index (χ1v) is 11.3. The number of nitrogens with zero attached hydrogens (tertiary/aromatic N) is 2. The van der Waals surface area contributed by atoms with Gasteiger partial charge in [-0.1, -0.05) is 6.07 Å². The van der Waals surface area contributed by atoms with Gasteiger partial charge in [-0.15, -0.1) is 0 Å². The van der Waals surface area contributed by atoms with E-state index < -0.39 is 0 Å². The van der Waals surface area contributed by atoms with Crippen LogP contribution in [0.5, 0.6) is 5.75 Å². The number of carbonyl (C=O) groups is 1. The van der Waals surface area contributed by atoms with Crippen molar-refractivity contribution in [3.05, 3.63) is 53.9 Å². The summed E-state index contributed by atoms with van der Waals surface area (Å²) in [4.78, 5) is 19.2. The molecule has 1 saturated heterocycles. The number of hydrogen-bond acceptors (Lipinski definition) is 6. The van der Waals surface area contributed by atoms with Crippen molar-refractivity contribution in [1.29, 1.82) is 0 Å². The molecule has 2 aliphatic heterocycles. The maximum Gasteiger partial charge on any atom is 0.224 e. The van der Waals surface area contributed by atoms with Gasteiger partial charge in [-0.05, 0) is 49.7 Å². The summed E-state index contributed by atoms with van der Waals surface area (Å²) in [6.45, 7) is 5.44. The van der Waals surface area contributed by atoms with Gasteiger partial charge >= 0.3 is 0 Å². The third-order valence-corrected chi connectivity index (χ3v) is 5.80. The predicted octanol–water partition coefficient (Wildman–Crippen LogP) is 2.47. The van der Waals surface area contributed by atoms with Crippen LogP contribution in [0.3, 0.4) is 0 Å². The van der Waals surface area contributed by atoms with Crippen LogP contribution in [0.4, 0.5) is 5.69 Å². The number of amides is 1. The largest absolute Gasteiger partial charge is 0.491 e. The van der Waals surface area contributed by atoms with Gasteiger partial charge in [0.15, 0.2) is 0 Å². The van der Waals surface area contributed by atoms with E-state index in [9.17, 15) is 4.79 Å². The minimum absolute atomic E-state index is 0.0424. The van der Waals surface area contributed by atoms with Crippen molar-refractivity contribution in [2.75, 3.05) is 51.3 Å². The van der Waals surface area contributed by atoms with E-state index in [0.29, 0.717) is 26.4 Å².